The summed E-state index contributed by atoms with van der Waals surface area (Å²) < 4.78 is 26.1. The van der Waals surface area contributed by atoms with Crippen molar-refractivity contribution in [2.24, 2.45) is 5.92 Å². The molecular formula is C15H24ClN3O3S. The molecule has 8 heteroatoms. The Bertz CT molecular complexity index is 599. The molecule has 0 bridgehead atoms. The van der Waals surface area contributed by atoms with Crippen LogP contribution in [0.3, 0.4) is 0 Å². The van der Waals surface area contributed by atoms with Crippen molar-refractivity contribution in [3.63, 3.8) is 0 Å². The molecular weight excluding hydrogens is 338 g/mol. The lowest BCUT2D eigenvalue weighted by Crippen LogP contribution is -2.40. The second-order valence-electron chi connectivity index (χ2n) is 5.41. The van der Waals surface area contributed by atoms with Gasteiger partial charge in [-0.05, 0) is 37.1 Å². The minimum atomic E-state index is -3.42. The van der Waals surface area contributed by atoms with E-state index < -0.39 is 10.0 Å². The first-order valence-corrected chi connectivity index (χ1v) is 9.08. The lowest BCUT2D eigenvalue weighted by Gasteiger charge is -2.21. The van der Waals surface area contributed by atoms with Gasteiger partial charge in [0.2, 0.25) is 15.9 Å². The van der Waals surface area contributed by atoms with Gasteiger partial charge in [0, 0.05) is 19.6 Å². The van der Waals surface area contributed by atoms with E-state index in [9.17, 15) is 13.2 Å². The Morgan fingerprint density at radius 2 is 2.00 bits per heavy atom. The van der Waals surface area contributed by atoms with E-state index >= 15 is 0 Å². The Balaban J connectivity index is 0.00000264. The molecule has 1 amide bonds. The zero-order valence-corrected chi connectivity index (χ0v) is 14.8. The normalized spacial score (nSPS) is 18.0. The smallest absolute Gasteiger partial charge is 0.240 e. The van der Waals surface area contributed by atoms with Gasteiger partial charge in [0.05, 0.1) is 10.8 Å². The van der Waals surface area contributed by atoms with Crippen molar-refractivity contribution in [2.45, 2.75) is 31.2 Å². The second-order valence-corrected chi connectivity index (χ2v) is 7.17. The average molecular weight is 362 g/mol. The van der Waals surface area contributed by atoms with Crippen LogP contribution in [0.15, 0.2) is 29.2 Å². The van der Waals surface area contributed by atoms with E-state index in [4.69, 9.17) is 0 Å². The van der Waals surface area contributed by atoms with Gasteiger partial charge < -0.3 is 10.6 Å². The Morgan fingerprint density at radius 1 is 1.30 bits per heavy atom. The molecule has 1 fully saturated rings. The van der Waals surface area contributed by atoms with Gasteiger partial charge in [0.15, 0.2) is 0 Å². The molecule has 1 saturated heterocycles. The van der Waals surface area contributed by atoms with Crippen LogP contribution in [0.4, 0.5) is 0 Å². The number of hydrogen-bond acceptors (Lipinski definition) is 4. The third-order valence-corrected chi connectivity index (χ3v) is 5.26. The average Bonchev–Trinajstić information content (AvgIpc) is 2.54. The molecule has 0 aromatic heterocycles. The van der Waals surface area contributed by atoms with Crippen molar-refractivity contribution in [3.05, 3.63) is 29.8 Å². The van der Waals surface area contributed by atoms with Gasteiger partial charge in [-0.25, -0.2) is 13.1 Å². The van der Waals surface area contributed by atoms with Gasteiger partial charge >= 0.3 is 0 Å². The highest BCUT2D eigenvalue weighted by Gasteiger charge is 2.20. The van der Waals surface area contributed by atoms with Crippen LogP contribution < -0.4 is 15.4 Å². The maximum atomic E-state index is 12.0. The van der Waals surface area contributed by atoms with Crippen LogP contribution in [0.5, 0.6) is 0 Å². The first-order valence-electron chi connectivity index (χ1n) is 7.60. The maximum absolute atomic E-state index is 12.0. The van der Waals surface area contributed by atoms with Crippen molar-refractivity contribution in [1.82, 2.24) is 15.4 Å². The number of amides is 1. The summed E-state index contributed by atoms with van der Waals surface area (Å²) in [4.78, 5) is 12.3. The number of rotatable bonds is 6. The molecule has 1 heterocycles. The molecule has 0 saturated carbocycles. The molecule has 130 valence electrons. The van der Waals surface area contributed by atoms with Crippen molar-refractivity contribution in [2.75, 3.05) is 19.6 Å². The first kappa shape index (κ1) is 19.9. The van der Waals surface area contributed by atoms with Crippen LogP contribution in [0.25, 0.3) is 0 Å². The summed E-state index contributed by atoms with van der Waals surface area (Å²) >= 11 is 0. The minimum Gasteiger partial charge on any atom is -0.352 e. The van der Waals surface area contributed by atoms with Crippen molar-refractivity contribution in [3.8, 4) is 0 Å². The van der Waals surface area contributed by atoms with Gasteiger partial charge in [-0.15, -0.1) is 12.4 Å². The van der Waals surface area contributed by atoms with E-state index in [1.807, 2.05) is 0 Å². The molecule has 0 spiro atoms. The number of sulfonamides is 1. The number of carbonyl (C=O) groups is 1. The topological polar surface area (TPSA) is 87.3 Å². The molecule has 2 rings (SSSR count). The molecule has 1 aromatic carbocycles. The van der Waals surface area contributed by atoms with Gasteiger partial charge in [0.1, 0.15) is 0 Å². The maximum Gasteiger partial charge on any atom is 0.240 e. The Labute approximate surface area is 143 Å². The van der Waals surface area contributed by atoms with E-state index in [2.05, 4.69) is 15.4 Å². The zero-order valence-electron chi connectivity index (χ0n) is 13.2. The number of nitrogens with one attached hydrogen (secondary N) is 3. The highest BCUT2D eigenvalue weighted by atomic mass is 35.5. The van der Waals surface area contributed by atoms with Crippen LogP contribution in [0.2, 0.25) is 0 Å². The summed E-state index contributed by atoms with van der Waals surface area (Å²) in [5.41, 5.74) is 0.882. The summed E-state index contributed by atoms with van der Waals surface area (Å²) in [6.07, 6.45) is 1.94. The monoisotopic (exact) mass is 361 g/mol. The van der Waals surface area contributed by atoms with Gasteiger partial charge in [0.25, 0.3) is 0 Å². The summed E-state index contributed by atoms with van der Waals surface area (Å²) in [7, 11) is -3.42. The fourth-order valence-corrected chi connectivity index (χ4v) is 3.51. The quantitative estimate of drug-likeness (QED) is 0.706. The molecule has 0 aliphatic carbocycles. The number of halogens is 1. The molecule has 3 N–H and O–H groups in total. The van der Waals surface area contributed by atoms with E-state index in [1.165, 1.54) is 0 Å². The molecule has 6 nitrogen and oxygen atoms in total. The number of hydrogen-bond donors (Lipinski definition) is 3. The van der Waals surface area contributed by atoms with Gasteiger partial charge in [-0.3, -0.25) is 4.79 Å². The summed E-state index contributed by atoms with van der Waals surface area (Å²) in [5, 5.41) is 6.12. The van der Waals surface area contributed by atoms with E-state index in [-0.39, 0.29) is 29.1 Å². The highest BCUT2D eigenvalue weighted by molar-refractivity contribution is 7.89. The SMILES string of the molecule is CCNS(=O)(=O)c1ccc(CNC(=O)C2CCCNC2)cc1.Cl. The Hall–Kier alpha value is -1.15. The zero-order chi connectivity index (χ0) is 16.0. The number of piperidine rings is 1. The molecule has 0 radical (unpaired) electrons. The van der Waals surface area contributed by atoms with Gasteiger partial charge in [-0.2, -0.15) is 0 Å². The van der Waals surface area contributed by atoms with Gasteiger partial charge in [-0.1, -0.05) is 19.1 Å². The third kappa shape index (κ3) is 5.76. The molecule has 1 aromatic rings. The molecule has 1 aliphatic rings. The standard InChI is InChI=1S/C15H23N3O3S.ClH/c1-2-18-22(20,21)14-7-5-12(6-8-14)10-17-15(19)13-4-3-9-16-11-13;/h5-8,13,16,18H,2-4,9-11H2,1H3,(H,17,19);1H. The van der Waals surface area contributed by atoms with Crippen LogP contribution in [0, 0.1) is 5.92 Å². The summed E-state index contributed by atoms with van der Waals surface area (Å²) in [5.74, 6) is 0.0821. The fraction of sp³-hybridized carbons (Fsp3) is 0.533. The van der Waals surface area contributed by atoms with E-state index in [0.29, 0.717) is 13.1 Å². The molecule has 1 aliphatic heterocycles. The lowest BCUT2D eigenvalue weighted by molar-refractivity contribution is -0.125. The third-order valence-electron chi connectivity index (χ3n) is 3.70. The van der Waals surface area contributed by atoms with Crippen molar-refractivity contribution in [1.29, 1.82) is 0 Å². The Morgan fingerprint density at radius 3 is 2.57 bits per heavy atom. The largest absolute Gasteiger partial charge is 0.352 e. The molecule has 1 unspecified atom stereocenters. The Kier molecular flexibility index (Phi) is 7.98. The van der Waals surface area contributed by atoms with E-state index in [0.717, 1.165) is 31.5 Å². The lowest BCUT2D eigenvalue weighted by atomic mass is 9.99. The van der Waals surface area contributed by atoms with Crippen molar-refractivity contribution >= 4 is 28.3 Å². The summed E-state index contributed by atoms with van der Waals surface area (Å²) in [6, 6.07) is 6.57. The van der Waals surface area contributed by atoms with Crippen LogP contribution in [0.1, 0.15) is 25.3 Å². The second kappa shape index (κ2) is 9.22. The number of benzene rings is 1. The fourth-order valence-electron chi connectivity index (χ4n) is 2.47. The minimum absolute atomic E-state index is 0. The first-order chi connectivity index (χ1) is 10.5. The number of carbonyl (C=O) groups excluding carboxylic acids is 1. The summed E-state index contributed by atoms with van der Waals surface area (Å²) in [6.45, 7) is 4.21. The van der Waals surface area contributed by atoms with Crippen LogP contribution in [-0.4, -0.2) is 34.0 Å². The molecule has 23 heavy (non-hydrogen) atoms. The van der Waals surface area contributed by atoms with Crippen molar-refractivity contribution < 1.29 is 13.2 Å². The van der Waals surface area contributed by atoms with Crippen LogP contribution >= 0.6 is 12.4 Å². The predicted molar refractivity (Wildman–Crippen MR) is 92.0 cm³/mol. The van der Waals surface area contributed by atoms with Crippen LogP contribution in [-0.2, 0) is 21.4 Å². The predicted octanol–water partition coefficient (Wildman–Crippen LogP) is 1.02. The highest BCUT2D eigenvalue weighted by Crippen LogP contribution is 2.12. The van der Waals surface area contributed by atoms with E-state index in [1.54, 1.807) is 31.2 Å². The molecule has 1 atom stereocenters.